The van der Waals surface area contributed by atoms with Crippen LogP contribution in [0.5, 0.6) is 11.5 Å². The maximum Gasteiger partial charge on any atom is 0.415 e. The molecule has 0 spiro atoms. The molecule has 40 heavy (non-hydrogen) atoms. The Morgan fingerprint density at radius 2 is 1.68 bits per heavy atom. The summed E-state index contributed by atoms with van der Waals surface area (Å²) in [5.41, 5.74) is 1.89. The molecule has 10 heteroatoms. The molecular formula is C30H33Cl2NO7. The molecule has 3 rings (SSSR count). The molecule has 0 aliphatic rings. The molecule has 0 saturated carbocycles. The van der Waals surface area contributed by atoms with Gasteiger partial charge >= 0.3 is 12.1 Å². The SMILES string of the molecule is CCOC(Cc1ccc(OCCN(CCCOCc2ccccc2)C(=O)Oc2ccc(Cl)cc2Cl)cc1)C(=O)O. The number of carbonyl (C=O) groups is 2. The van der Waals surface area contributed by atoms with Gasteiger partial charge in [-0.25, -0.2) is 9.59 Å². The Hall–Kier alpha value is -3.30. The summed E-state index contributed by atoms with van der Waals surface area (Å²) in [6.07, 6.45) is -0.623. The summed E-state index contributed by atoms with van der Waals surface area (Å²) in [5, 5.41) is 9.96. The van der Waals surface area contributed by atoms with Gasteiger partial charge in [0.2, 0.25) is 0 Å². The number of halogens is 2. The summed E-state index contributed by atoms with van der Waals surface area (Å²) in [6.45, 7) is 3.88. The third-order valence-electron chi connectivity index (χ3n) is 5.80. The van der Waals surface area contributed by atoms with Crippen LogP contribution in [0.4, 0.5) is 4.79 Å². The van der Waals surface area contributed by atoms with E-state index in [-0.39, 0.29) is 30.3 Å². The van der Waals surface area contributed by atoms with Crippen LogP contribution < -0.4 is 9.47 Å². The first-order valence-corrected chi connectivity index (χ1v) is 13.7. The van der Waals surface area contributed by atoms with Gasteiger partial charge in [-0.3, -0.25) is 0 Å². The second-order valence-electron chi connectivity index (χ2n) is 8.80. The number of benzene rings is 3. The summed E-state index contributed by atoms with van der Waals surface area (Å²) in [7, 11) is 0. The van der Waals surface area contributed by atoms with Crippen LogP contribution in [0.1, 0.15) is 24.5 Å². The maximum absolute atomic E-state index is 13.0. The molecule has 0 aliphatic carbocycles. The average molecular weight is 591 g/mol. The molecule has 0 fully saturated rings. The summed E-state index contributed by atoms with van der Waals surface area (Å²) in [4.78, 5) is 25.9. The van der Waals surface area contributed by atoms with Gasteiger partial charge in [0.15, 0.2) is 11.9 Å². The lowest BCUT2D eigenvalue weighted by Gasteiger charge is -2.22. The van der Waals surface area contributed by atoms with Gasteiger partial charge in [0.1, 0.15) is 12.4 Å². The molecule has 1 unspecified atom stereocenters. The van der Waals surface area contributed by atoms with Crippen LogP contribution in [0.3, 0.4) is 0 Å². The second kappa shape index (κ2) is 16.7. The third-order valence-corrected chi connectivity index (χ3v) is 6.33. The minimum absolute atomic E-state index is 0.213. The Bertz CT molecular complexity index is 1210. The van der Waals surface area contributed by atoms with E-state index in [2.05, 4.69) is 0 Å². The second-order valence-corrected chi connectivity index (χ2v) is 9.64. The lowest BCUT2D eigenvalue weighted by atomic mass is 10.1. The Morgan fingerprint density at radius 1 is 0.925 bits per heavy atom. The lowest BCUT2D eigenvalue weighted by Crippen LogP contribution is -2.38. The molecule has 0 heterocycles. The summed E-state index contributed by atoms with van der Waals surface area (Å²) in [6, 6.07) is 21.6. The minimum Gasteiger partial charge on any atom is -0.492 e. The standard InChI is InChI=1S/C30H33Cl2NO7/c1-2-38-28(29(34)35)19-22-9-12-25(13-10-22)39-18-16-33(15-6-17-37-21-23-7-4-3-5-8-23)30(36)40-27-14-11-24(31)20-26(27)32/h3-5,7-14,20,28H,2,6,15-19,21H2,1H3,(H,34,35). The fourth-order valence-electron chi connectivity index (χ4n) is 3.76. The predicted molar refractivity (Wildman–Crippen MR) is 153 cm³/mol. The highest BCUT2D eigenvalue weighted by atomic mass is 35.5. The zero-order chi connectivity index (χ0) is 28.7. The fraction of sp³-hybridized carbons (Fsp3) is 0.333. The smallest absolute Gasteiger partial charge is 0.415 e. The van der Waals surface area contributed by atoms with Gasteiger partial charge in [-0.15, -0.1) is 0 Å². The number of carboxylic acids is 1. The number of hydrogen-bond acceptors (Lipinski definition) is 6. The molecular weight excluding hydrogens is 557 g/mol. The molecule has 1 atom stereocenters. The Kier molecular flexibility index (Phi) is 13.1. The van der Waals surface area contributed by atoms with Gasteiger partial charge in [-0.2, -0.15) is 0 Å². The highest BCUT2D eigenvalue weighted by Gasteiger charge is 2.19. The van der Waals surface area contributed by atoms with E-state index in [0.29, 0.717) is 43.6 Å². The number of carboxylic acid groups (broad SMARTS) is 1. The van der Waals surface area contributed by atoms with Crippen molar-refractivity contribution < 1.29 is 33.6 Å². The van der Waals surface area contributed by atoms with Crippen molar-refractivity contribution in [3.05, 3.63) is 94.0 Å². The minimum atomic E-state index is -1.00. The lowest BCUT2D eigenvalue weighted by molar-refractivity contribution is -0.149. The molecule has 0 saturated heterocycles. The number of ether oxygens (including phenoxy) is 4. The number of aliphatic carboxylic acids is 1. The maximum atomic E-state index is 13.0. The van der Waals surface area contributed by atoms with Gasteiger partial charge in [0, 0.05) is 31.2 Å². The molecule has 1 amide bonds. The van der Waals surface area contributed by atoms with Gasteiger partial charge in [-0.05, 0) is 54.8 Å². The van der Waals surface area contributed by atoms with E-state index >= 15 is 0 Å². The first-order valence-electron chi connectivity index (χ1n) is 12.9. The van der Waals surface area contributed by atoms with Crippen LogP contribution in [0, 0.1) is 0 Å². The van der Waals surface area contributed by atoms with Gasteiger partial charge in [0.25, 0.3) is 0 Å². The number of rotatable bonds is 16. The first kappa shape index (κ1) is 31.2. The average Bonchev–Trinajstić information content (AvgIpc) is 2.94. The molecule has 214 valence electrons. The quantitative estimate of drug-likeness (QED) is 0.190. The molecule has 0 aliphatic heterocycles. The van der Waals surface area contributed by atoms with Crippen LogP contribution in [0.25, 0.3) is 0 Å². The van der Waals surface area contributed by atoms with E-state index in [1.807, 2.05) is 30.3 Å². The van der Waals surface area contributed by atoms with Crippen LogP contribution in [-0.2, 0) is 27.3 Å². The van der Waals surface area contributed by atoms with Crippen molar-refractivity contribution in [1.29, 1.82) is 0 Å². The van der Waals surface area contributed by atoms with Gasteiger partial charge in [0.05, 0.1) is 18.2 Å². The van der Waals surface area contributed by atoms with Crippen LogP contribution in [0.2, 0.25) is 10.0 Å². The van der Waals surface area contributed by atoms with E-state index in [9.17, 15) is 14.7 Å². The van der Waals surface area contributed by atoms with Crippen molar-refractivity contribution >= 4 is 35.3 Å². The van der Waals surface area contributed by atoms with E-state index in [0.717, 1.165) is 11.1 Å². The number of amides is 1. The molecule has 1 N–H and O–H groups in total. The van der Waals surface area contributed by atoms with Gasteiger partial charge < -0.3 is 29.0 Å². The topological polar surface area (TPSA) is 94.5 Å². The molecule has 0 radical (unpaired) electrons. The van der Waals surface area contributed by atoms with Crippen molar-refractivity contribution in [2.75, 3.05) is 32.9 Å². The van der Waals surface area contributed by atoms with Gasteiger partial charge in [-0.1, -0.05) is 65.7 Å². The molecule has 3 aromatic carbocycles. The molecule has 8 nitrogen and oxygen atoms in total. The third kappa shape index (κ3) is 10.7. The van der Waals surface area contributed by atoms with Crippen molar-refractivity contribution in [3.8, 4) is 11.5 Å². The molecule has 0 aromatic heterocycles. The largest absolute Gasteiger partial charge is 0.492 e. The molecule has 0 bridgehead atoms. The zero-order valence-corrected chi connectivity index (χ0v) is 23.8. The predicted octanol–water partition coefficient (Wildman–Crippen LogP) is 6.51. The fourth-order valence-corrected chi connectivity index (χ4v) is 4.21. The van der Waals surface area contributed by atoms with Crippen LogP contribution in [-0.4, -0.2) is 61.1 Å². The monoisotopic (exact) mass is 589 g/mol. The van der Waals surface area contributed by atoms with Crippen molar-refractivity contribution in [1.82, 2.24) is 4.90 Å². The van der Waals surface area contributed by atoms with E-state index in [1.54, 1.807) is 43.3 Å². The Labute approximate surface area is 244 Å². The summed E-state index contributed by atoms with van der Waals surface area (Å²) < 4.78 is 22.4. The highest BCUT2D eigenvalue weighted by Crippen LogP contribution is 2.28. The van der Waals surface area contributed by atoms with E-state index in [4.69, 9.17) is 42.1 Å². The Balaban J connectivity index is 1.53. The number of hydrogen-bond donors (Lipinski definition) is 1. The van der Waals surface area contributed by atoms with Crippen LogP contribution >= 0.6 is 23.2 Å². The van der Waals surface area contributed by atoms with Crippen molar-refractivity contribution in [2.45, 2.75) is 32.5 Å². The van der Waals surface area contributed by atoms with Crippen molar-refractivity contribution in [2.24, 2.45) is 0 Å². The zero-order valence-electron chi connectivity index (χ0n) is 22.3. The summed E-state index contributed by atoms with van der Waals surface area (Å²) >= 11 is 12.1. The van der Waals surface area contributed by atoms with E-state index in [1.165, 1.54) is 11.0 Å². The Morgan fingerprint density at radius 3 is 2.35 bits per heavy atom. The highest BCUT2D eigenvalue weighted by molar-refractivity contribution is 6.35. The van der Waals surface area contributed by atoms with E-state index < -0.39 is 18.2 Å². The van der Waals surface area contributed by atoms with Crippen molar-refractivity contribution in [3.63, 3.8) is 0 Å². The van der Waals surface area contributed by atoms with Crippen LogP contribution in [0.15, 0.2) is 72.8 Å². The molecule has 3 aromatic rings. The first-order chi connectivity index (χ1) is 19.4. The summed E-state index contributed by atoms with van der Waals surface area (Å²) in [5.74, 6) is -0.198. The number of nitrogens with zero attached hydrogens (tertiary/aromatic N) is 1. The normalized spacial score (nSPS) is 11.6. The number of carbonyl (C=O) groups excluding carboxylic acids is 1.